The number of rotatable bonds is 1. The standard InChI is InChI=1S/C12H13IN2O2/c1-14-6-7-15(8-11(14)16)12(17)9-2-4-10(13)5-3-9/h2-5H,6-8H2,1H3. The fourth-order valence-corrected chi connectivity index (χ4v) is 2.07. The van der Waals surface area contributed by atoms with Crippen molar-refractivity contribution in [2.24, 2.45) is 0 Å². The van der Waals surface area contributed by atoms with Gasteiger partial charge in [-0.05, 0) is 46.9 Å². The number of carbonyl (C=O) groups excluding carboxylic acids is 2. The lowest BCUT2D eigenvalue weighted by Gasteiger charge is -2.32. The lowest BCUT2D eigenvalue weighted by atomic mass is 10.2. The molecular weight excluding hydrogens is 331 g/mol. The summed E-state index contributed by atoms with van der Waals surface area (Å²) in [6, 6.07) is 7.39. The third kappa shape index (κ3) is 2.77. The first-order valence-electron chi connectivity index (χ1n) is 5.37. The molecule has 1 aliphatic rings. The maximum Gasteiger partial charge on any atom is 0.254 e. The zero-order valence-corrected chi connectivity index (χ0v) is 11.7. The number of halogens is 1. The molecule has 0 N–H and O–H groups in total. The average Bonchev–Trinajstić information content (AvgIpc) is 2.33. The predicted octanol–water partition coefficient (Wildman–Crippen LogP) is 1.21. The predicted molar refractivity (Wildman–Crippen MR) is 72.7 cm³/mol. The summed E-state index contributed by atoms with van der Waals surface area (Å²) in [5.74, 6) is -0.0713. The topological polar surface area (TPSA) is 40.6 Å². The number of nitrogens with zero attached hydrogens (tertiary/aromatic N) is 2. The minimum Gasteiger partial charge on any atom is -0.342 e. The van der Waals surface area contributed by atoms with Crippen molar-refractivity contribution in [1.29, 1.82) is 0 Å². The van der Waals surface area contributed by atoms with E-state index < -0.39 is 0 Å². The monoisotopic (exact) mass is 344 g/mol. The fourth-order valence-electron chi connectivity index (χ4n) is 1.71. The Bertz CT molecular complexity index is 444. The Morgan fingerprint density at radius 3 is 2.47 bits per heavy atom. The maximum atomic E-state index is 12.1. The van der Waals surface area contributed by atoms with E-state index in [4.69, 9.17) is 0 Å². The molecule has 90 valence electrons. The second-order valence-corrected chi connectivity index (χ2v) is 5.29. The molecule has 4 nitrogen and oxygen atoms in total. The summed E-state index contributed by atoms with van der Waals surface area (Å²) in [5.41, 5.74) is 0.641. The van der Waals surface area contributed by atoms with E-state index in [1.165, 1.54) is 0 Å². The van der Waals surface area contributed by atoms with E-state index in [0.717, 1.165) is 3.57 Å². The minimum atomic E-state index is -0.0668. The summed E-state index contributed by atoms with van der Waals surface area (Å²) in [6.45, 7) is 1.39. The van der Waals surface area contributed by atoms with Crippen LogP contribution in [0, 0.1) is 3.57 Å². The molecule has 1 heterocycles. The molecule has 1 aromatic rings. The Kier molecular flexibility index (Phi) is 3.66. The van der Waals surface area contributed by atoms with E-state index in [-0.39, 0.29) is 18.4 Å². The SMILES string of the molecule is CN1CCN(C(=O)c2ccc(I)cc2)CC1=O. The van der Waals surface area contributed by atoms with Gasteiger partial charge in [-0.1, -0.05) is 0 Å². The minimum absolute atomic E-state index is 0.00453. The summed E-state index contributed by atoms with van der Waals surface area (Å²) in [6.07, 6.45) is 0. The van der Waals surface area contributed by atoms with E-state index in [1.807, 2.05) is 12.1 Å². The molecule has 0 bridgehead atoms. The normalized spacial score (nSPS) is 16.2. The van der Waals surface area contributed by atoms with Crippen molar-refractivity contribution in [2.45, 2.75) is 0 Å². The quantitative estimate of drug-likeness (QED) is 0.719. The smallest absolute Gasteiger partial charge is 0.254 e. The van der Waals surface area contributed by atoms with Crippen LogP contribution in [-0.2, 0) is 4.79 Å². The van der Waals surface area contributed by atoms with Gasteiger partial charge in [0.15, 0.2) is 0 Å². The molecule has 2 amide bonds. The maximum absolute atomic E-state index is 12.1. The van der Waals surface area contributed by atoms with Crippen LogP contribution in [0.5, 0.6) is 0 Å². The van der Waals surface area contributed by atoms with Crippen LogP contribution in [0.15, 0.2) is 24.3 Å². The van der Waals surface area contributed by atoms with Crippen LogP contribution >= 0.6 is 22.6 Å². The van der Waals surface area contributed by atoms with E-state index in [1.54, 1.807) is 29.0 Å². The molecule has 0 radical (unpaired) electrons. The van der Waals surface area contributed by atoms with Gasteiger partial charge in [-0.3, -0.25) is 9.59 Å². The summed E-state index contributed by atoms with van der Waals surface area (Å²) in [5, 5.41) is 0. The van der Waals surface area contributed by atoms with Crippen LogP contribution in [0.1, 0.15) is 10.4 Å². The van der Waals surface area contributed by atoms with Gasteiger partial charge >= 0.3 is 0 Å². The summed E-state index contributed by atoms with van der Waals surface area (Å²) >= 11 is 2.19. The van der Waals surface area contributed by atoms with Crippen LogP contribution in [-0.4, -0.2) is 48.3 Å². The average molecular weight is 344 g/mol. The van der Waals surface area contributed by atoms with Gasteiger partial charge < -0.3 is 9.80 Å². The Morgan fingerprint density at radius 1 is 1.24 bits per heavy atom. The number of benzene rings is 1. The second kappa shape index (κ2) is 5.03. The van der Waals surface area contributed by atoms with Gasteiger partial charge in [0.05, 0.1) is 0 Å². The van der Waals surface area contributed by atoms with E-state index in [0.29, 0.717) is 18.7 Å². The molecule has 2 rings (SSSR count). The van der Waals surface area contributed by atoms with Crippen LogP contribution in [0.25, 0.3) is 0 Å². The molecule has 0 unspecified atom stereocenters. The van der Waals surface area contributed by atoms with Gasteiger partial charge in [-0.15, -0.1) is 0 Å². The number of piperazine rings is 1. The number of hydrogen-bond donors (Lipinski definition) is 0. The summed E-state index contributed by atoms with van der Waals surface area (Å²) < 4.78 is 1.09. The highest BCUT2D eigenvalue weighted by molar-refractivity contribution is 14.1. The zero-order chi connectivity index (χ0) is 12.4. The molecule has 0 aliphatic carbocycles. The first-order valence-corrected chi connectivity index (χ1v) is 6.44. The molecule has 0 atom stereocenters. The molecule has 1 saturated heterocycles. The molecule has 0 saturated carbocycles. The van der Waals surface area contributed by atoms with Gasteiger partial charge in [-0.25, -0.2) is 0 Å². The first-order chi connectivity index (χ1) is 8.08. The van der Waals surface area contributed by atoms with E-state index >= 15 is 0 Å². The molecule has 17 heavy (non-hydrogen) atoms. The van der Waals surface area contributed by atoms with E-state index in [2.05, 4.69) is 22.6 Å². The van der Waals surface area contributed by atoms with Gasteiger partial charge in [0.1, 0.15) is 6.54 Å². The van der Waals surface area contributed by atoms with Gasteiger partial charge in [0.2, 0.25) is 5.91 Å². The largest absolute Gasteiger partial charge is 0.342 e. The van der Waals surface area contributed by atoms with Crippen LogP contribution in [0.4, 0.5) is 0 Å². The van der Waals surface area contributed by atoms with Crippen molar-refractivity contribution in [3.63, 3.8) is 0 Å². The Morgan fingerprint density at radius 2 is 1.88 bits per heavy atom. The second-order valence-electron chi connectivity index (χ2n) is 4.05. The molecule has 1 aromatic carbocycles. The van der Waals surface area contributed by atoms with Crippen molar-refractivity contribution < 1.29 is 9.59 Å². The Hall–Kier alpha value is -1.11. The van der Waals surface area contributed by atoms with Gasteiger partial charge in [-0.2, -0.15) is 0 Å². The highest BCUT2D eigenvalue weighted by Crippen LogP contribution is 2.11. The number of hydrogen-bond acceptors (Lipinski definition) is 2. The van der Waals surface area contributed by atoms with Gasteiger partial charge in [0, 0.05) is 29.3 Å². The third-order valence-electron chi connectivity index (χ3n) is 2.84. The summed E-state index contributed by atoms with van der Waals surface area (Å²) in [4.78, 5) is 26.9. The van der Waals surface area contributed by atoms with Crippen LogP contribution in [0.3, 0.4) is 0 Å². The molecule has 0 spiro atoms. The first kappa shape index (κ1) is 12.3. The Labute approximate surface area is 114 Å². The van der Waals surface area contributed by atoms with Crippen LogP contribution in [0.2, 0.25) is 0 Å². The zero-order valence-electron chi connectivity index (χ0n) is 9.52. The highest BCUT2D eigenvalue weighted by atomic mass is 127. The lowest BCUT2D eigenvalue weighted by Crippen LogP contribution is -2.50. The highest BCUT2D eigenvalue weighted by Gasteiger charge is 2.25. The third-order valence-corrected chi connectivity index (χ3v) is 3.55. The van der Waals surface area contributed by atoms with Crippen molar-refractivity contribution >= 4 is 34.4 Å². The summed E-state index contributed by atoms with van der Waals surface area (Å²) in [7, 11) is 1.76. The molecular formula is C12H13IN2O2. The van der Waals surface area contributed by atoms with Gasteiger partial charge in [0.25, 0.3) is 5.91 Å². The van der Waals surface area contributed by atoms with Crippen molar-refractivity contribution in [3.05, 3.63) is 33.4 Å². The van der Waals surface area contributed by atoms with Crippen LogP contribution < -0.4 is 0 Å². The fraction of sp³-hybridized carbons (Fsp3) is 0.333. The molecule has 5 heteroatoms. The number of amides is 2. The van der Waals surface area contributed by atoms with E-state index in [9.17, 15) is 9.59 Å². The molecule has 1 aliphatic heterocycles. The Balaban J connectivity index is 2.10. The molecule has 1 fully saturated rings. The van der Waals surface area contributed by atoms with Crippen molar-refractivity contribution in [3.8, 4) is 0 Å². The molecule has 0 aromatic heterocycles. The van der Waals surface area contributed by atoms with Crippen molar-refractivity contribution in [1.82, 2.24) is 9.80 Å². The lowest BCUT2D eigenvalue weighted by molar-refractivity contribution is -0.133. The number of carbonyl (C=O) groups is 2. The van der Waals surface area contributed by atoms with Crippen molar-refractivity contribution in [2.75, 3.05) is 26.7 Å². The number of likely N-dealkylation sites (N-methyl/N-ethyl adjacent to an activating group) is 1.